The molecule has 4 aliphatic carbocycles. The minimum absolute atomic E-state index is 0.0124. The number of hydrogen-bond donors (Lipinski definition) is 4. The molecule has 178 valence electrons. The second-order valence-corrected chi connectivity index (χ2v) is 12.8. The van der Waals surface area contributed by atoms with Gasteiger partial charge in [-0.15, -0.1) is 0 Å². The molecule has 0 saturated heterocycles. The fourth-order valence-corrected chi connectivity index (χ4v) is 8.76. The highest BCUT2D eigenvalue weighted by Crippen LogP contribution is 2.68. The molecule has 0 unspecified atom stereocenters. The van der Waals surface area contributed by atoms with Crippen LogP contribution >= 0.6 is 0 Å². The zero-order valence-electron chi connectivity index (χ0n) is 20.4. The Morgan fingerprint density at radius 2 is 1.65 bits per heavy atom. The zero-order valence-corrected chi connectivity index (χ0v) is 20.4. The Bertz CT molecular complexity index is 710. The average Bonchev–Trinajstić information content (AvgIpc) is 2.99. The lowest BCUT2D eigenvalue weighted by molar-refractivity contribution is -0.377. The van der Waals surface area contributed by atoms with Crippen LogP contribution in [0.15, 0.2) is 11.6 Å². The van der Waals surface area contributed by atoms with E-state index in [4.69, 9.17) is 0 Å². The van der Waals surface area contributed by atoms with E-state index in [1.165, 1.54) is 38.5 Å². The van der Waals surface area contributed by atoms with Crippen molar-refractivity contribution in [2.75, 3.05) is 0 Å². The van der Waals surface area contributed by atoms with Crippen molar-refractivity contribution in [3.63, 3.8) is 0 Å². The Labute approximate surface area is 189 Å². The quantitative estimate of drug-likeness (QED) is 0.363. The van der Waals surface area contributed by atoms with Crippen LogP contribution in [0.25, 0.3) is 0 Å². The van der Waals surface area contributed by atoms with Gasteiger partial charge in [-0.1, -0.05) is 65.5 Å². The predicted octanol–water partition coefficient (Wildman–Crippen LogP) is 5.00. The van der Waals surface area contributed by atoms with Crippen molar-refractivity contribution < 1.29 is 20.4 Å². The lowest BCUT2D eigenvalue weighted by Crippen LogP contribution is -2.63. The summed E-state index contributed by atoms with van der Waals surface area (Å²) in [6.07, 6.45) is 12.1. The van der Waals surface area contributed by atoms with Gasteiger partial charge in [0.25, 0.3) is 0 Å². The highest BCUT2D eigenvalue weighted by molar-refractivity contribution is 5.28. The van der Waals surface area contributed by atoms with Gasteiger partial charge in [-0.25, -0.2) is 0 Å². The van der Waals surface area contributed by atoms with E-state index in [0.29, 0.717) is 23.2 Å². The second-order valence-electron chi connectivity index (χ2n) is 12.8. The summed E-state index contributed by atoms with van der Waals surface area (Å²) in [7, 11) is 0. The van der Waals surface area contributed by atoms with Gasteiger partial charge in [0.15, 0.2) is 0 Å². The molecule has 3 saturated carbocycles. The molecule has 4 heteroatoms. The van der Waals surface area contributed by atoms with Crippen LogP contribution in [0.3, 0.4) is 0 Å². The molecule has 0 spiro atoms. The summed E-state index contributed by atoms with van der Waals surface area (Å²) in [5.41, 5.74) is 1.06. The number of aliphatic hydroxyl groups is 4. The first-order chi connectivity index (χ1) is 14.3. The first-order valence-corrected chi connectivity index (χ1v) is 12.9. The van der Waals surface area contributed by atoms with E-state index in [9.17, 15) is 20.4 Å². The molecule has 0 heterocycles. The van der Waals surface area contributed by atoms with E-state index < -0.39 is 11.6 Å². The minimum atomic E-state index is -2.46. The third kappa shape index (κ3) is 3.74. The summed E-state index contributed by atoms with van der Waals surface area (Å²) < 4.78 is 0. The SMILES string of the molecule is CC(C)CCC[C@@H](C)[C@H]1CC[C@H]2[C@@H]3CC=C4CC(O)(O)C(O)(O)C[C@]4(C)[C@H]3CC[C@]12C. The van der Waals surface area contributed by atoms with Gasteiger partial charge in [0.1, 0.15) is 0 Å². The molecule has 4 nitrogen and oxygen atoms in total. The molecule has 7 atom stereocenters. The van der Waals surface area contributed by atoms with Gasteiger partial charge in [0.2, 0.25) is 11.6 Å². The number of allylic oxidation sites excluding steroid dienone is 1. The topological polar surface area (TPSA) is 80.9 Å². The molecule has 0 radical (unpaired) electrons. The first kappa shape index (κ1) is 23.7. The molecule has 0 aromatic carbocycles. The van der Waals surface area contributed by atoms with Crippen molar-refractivity contribution in [2.45, 2.75) is 110 Å². The maximum atomic E-state index is 10.5. The maximum absolute atomic E-state index is 10.5. The van der Waals surface area contributed by atoms with Gasteiger partial charge in [0.05, 0.1) is 0 Å². The molecular formula is C27H46O4. The number of rotatable bonds is 5. The molecule has 0 amide bonds. The van der Waals surface area contributed by atoms with Crippen LogP contribution in [0.1, 0.15) is 98.8 Å². The Balaban J connectivity index is 1.54. The van der Waals surface area contributed by atoms with E-state index in [1.54, 1.807) is 0 Å². The lowest BCUT2D eigenvalue weighted by Gasteiger charge is -2.60. The summed E-state index contributed by atoms with van der Waals surface area (Å²) in [4.78, 5) is 0. The van der Waals surface area contributed by atoms with E-state index >= 15 is 0 Å². The second kappa shape index (κ2) is 7.82. The van der Waals surface area contributed by atoms with E-state index in [1.807, 2.05) is 0 Å². The Morgan fingerprint density at radius 1 is 0.935 bits per heavy atom. The zero-order chi connectivity index (χ0) is 22.8. The summed E-state index contributed by atoms with van der Waals surface area (Å²) in [5.74, 6) is -0.889. The van der Waals surface area contributed by atoms with Gasteiger partial charge in [-0.05, 0) is 78.4 Å². The van der Waals surface area contributed by atoms with E-state index in [-0.39, 0.29) is 18.3 Å². The number of fused-ring (bicyclic) bond motifs is 5. The summed E-state index contributed by atoms with van der Waals surface area (Å²) >= 11 is 0. The monoisotopic (exact) mass is 434 g/mol. The molecule has 31 heavy (non-hydrogen) atoms. The van der Waals surface area contributed by atoms with Gasteiger partial charge in [-0.3, -0.25) is 0 Å². The van der Waals surface area contributed by atoms with E-state index in [2.05, 4.69) is 40.7 Å². The molecule has 0 aromatic rings. The maximum Gasteiger partial charge on any atom is 0.222 e. The third-order valence-corrected chi connectivity index (χ3v) is 10.5. The highest BCUT2D eigenvalue weighted by Gasteiger charge is 2.64. The third-order valence-electron chi connectivity index (χ3n) is 10.5. The Kier molecular flexibility index (Phi) is 5.99. The first-order valence-electron chi connectivity index (χ1n) is 12.9. The van der Waals surface area contributed by atoms with Gasteiger partial charge < -0.3 is 20.4 Å². The largest absolute Gasteiger partial charge is 0.361 e. The van der Waals surface area contributed by atoms with Gasteiger partial charge in [0, 0.05) is 12.8 Å². The molecule has 4 N–H and O–H groups in total. The number of hydrogen-bond acceptors (Lipinski definition) is 4. The van der Waals surface area contributed by atoms with Crippen molar-refractivity contribution in [3.8, 4) is 0 Å². The van der Waals surface area contributed by atoms with Crippen LogP contribution in [0.2, 0.25) is 0 Å². The molecule has 3 fully saturated rings. The lowest BCUT2D eigenvalue weighted by atomic mass is 9.46. The van der Waals surface area contributed by atoms with E-state index in [0.717, 1.165) is 36.2 Å². The van der Waals surface area contributed by atoms with Crippen LogP contribution in [0, 0.1) is 46.3 Å². The van der Waals surface area contributed by atoms with Crippen molar-refractivity contribution in [1.29, 1.82) is 0 Å². The van der Waals surface area contributed by atoms with Crippen molar-refractivity contribution in [3.05, 3.63) is 11.6 Å². The van der Waals surface area contributed by atoms with Crippen LogP contribution < -0.4 is 0 Å². The minimum Gasteiger partial charge on any atom is -0.361 e. The smallest absolute Gasteiger partial charge is 0.222 e. The summed E-state index contributed by atoms with van der Waals surface area (Å²) in [6, 6.07) is 0. The summed E-state index contributed by atoms with van der Waals surface area (Å²) in [5, 5.41) is 41.5. The van der Waals surface area contributed by atoms with Crippen molar-refractivity contribution in [1.82, 2.24) is 0 Å². The highest BCUT2D eigenvalue weighted by atomic mass is 16.6. The fourth-order valence-electron chi connectivity index (χ4n) is 8.76. The van der Waals surface area contributed by atoms with Crippen LogP contribution in [-0.2, 0) is 0 Å². The predicted molar refractivity (Wildman–Crippen MR) is 123 cm³/mol. The van der Waals surface area contributed by atoms with Crippen molar-refractivity contribution in [2.24, 2.45) is 46.3 Å². The van der Waals surface area contributed by atoms with Gasteiger partial charge in [-0.2, -0.15) is 0 Å². The van der Waals surface area contributed by atoms with Crippen LogP contribution in [0.4, 0.5) is 0 Å². The standard InChI is InChI=1S/C27H46O4/c1-17(2)7-6-8-18(3)21-11-12-22-20-10-9-19-15-26(28,29)27(30,31)16-25(19,5)23(20)13-14-24(21,22)4/h9,17-18,20-23,28-31H,6-8,10-16H2,1-5H3/t18-,20+,21-,22+,23+,24-,25+/m1/s1. The normalized spacial score (nSPS) is 44.3. The Morgan fingerprint density at radius 3 is 2.32 bits per heavy atom. The Hall–Kier alpha value is -0.420. The molecule has 0 aliphatic heterocycles. The molecule has 0 aromatic heterocycles. The molecule has 4 aliphatic rings. The van der Waals surface area contributed by atoms with Crippen LogP contribution in [0.5, 0.6) is 0 Å². The summed E-state index contributed by atoms with van der Waals surface area (Å²) in [6.45, 7) is 11.8. The molecule has 4 rings (SSSR count). The molecule has 0 bridgehead atoms. The fraction of sp³-hybridized carbons (Fsp3) is 0.926. The molecular weight excluding hydrogens is 388 g/mol. The average molecular weight is 435 g/mol. The van der Waals surface area contributed by atoms with Crippen LogP contribution in [-0.4, -0.2) is 32.0 Å². The van der Waals surface area contributed by atoms with Crippen molar-refractivity contribution >= 4 is 0 Å². The van der Waals surface area contributed by atoms with Gasteiger partial charge >= 0.3 is 0 Å².